The van der Waals surface area contributed by atoms with Crippen molar-refractivity contribution in [1.82, 2.24) is 4.98 Å². The Morgan fingerprint density at radius 1 is 0.838 bits per heavy atom. The largest absolute Gasteiger partial charge is 1.00 e. The van der Waals surface area contributed by atoms with Gasteiger partial charge in [-0.15, -0.1) is 10.2 Å². The number of pyridine rings is 1. The van der Waals surface area contributed by atoms with Gasteiger partial charge in [-0.25, -0.2) is 0 Å². The van der Waals surface area contributed by atoms with Gasteiger partial charge in [-0.05, 0) is 30.3 Å². The fourth-order valence-corrected chi connectivity index (χ4v) is 5.03. The van der Waals surface area contributed by atoms with Crippen molar-refractivity contribution in [2.45, 2.75) is 4.90 Å². The summed E-state index contributed by atoms with van der Waals surface area (Å²) in [7, 11) is -4.49. The number of nitrogens with zero attached hydrogens (tertiary/aromatic N) is 3. The first-order valence-corrected chi connectivity index (χ1v) is 12.4. The zero-order valence-electron chi connectivity index (χ0n) is 20.7. The summed E-state index contributed by atoms with van der Waals surface area (Å²) in [5.74, 6) is 0. The minimum atomic E-state index is -4.49. The standard InChI is InChI=1S/C27H18N4O4S.Na.H/c28-26-19-8-2-1-7-18(19)25(36(32,33)34)14-23(26)31-30-16-12-13-22(29-15-16)21-10-5-9-20-17-6-3-4-11-24(17)35-27(20)21;;/h1-15H,28H2,(H,32,33,34);;/q;+1;-1. The molecule has 0 saturated carbocycles. The van der Waals surface area contributed by atoms with E-state index in [1.54, 1.807) is 36.5 Å². The first kappa shape index (κ1) is 25.1. The molecule has 0 amide bonds. The number of azo groups is 1. The molecule has 0 radical (unpaired) electrons. The van der Waals surface area contributed by atoms with Crippen molar-refractivity contribution >= 4 is 59.9 Å². The quantitative estimate of drug-likeness (QED) is 0.156. The van der Waals surface area contributed by atoms with Crippen LogP contribution in [0.4, 0.5) is 17.1 Å². The molecule has 0 spiro atoms. The van der Waals surface area contributed by atoms with Crippen molar-refractivity contribution < 1.29 is 48.4 Å². The van der Waals surface area contributed by atoms with E-state index in [1.807, 2.05) is 48.5 Å². The molecule has 0 bridgehead atoms. The third kappa shape index (κ3) is 4.52. The van der Waals surface area contributed by atoms with Crippen molar-refractivity contribution in [3.63, 3.8) is 0 Å². The summed E-state index contributed by atoms with van der Waals surface area (Å²) < 4.78 is 39.6. The fourth-order valence-electron chi connectivity index (χ4n) is 4.31. The van der Waals surface area contributed by atoms with E-state index in [2.05, 4.69) is 15.2 Å². The molecule has 0 aliphatic carbocycles. The van der Waals surface area contributed by atoms with Gasteiger partial charge in [0, 0.05) is 27.1 Å². The number of rotatable bonds is 4. The number of nitrogen functional groups attached to an aromatic ring is 1. The number of benzene rings is 4. The first-order valence-electron chi connectivity index (χ1n) is 11.0. The van der Waals surface area contributed by atoms with Crippen molar-refractivity contribution in [2.75, 3.05) is 5.73 Å². The van der Waals surface area contributed by atoms with Crippen LogP contribution in [-0.4, -0.2) is 18.0 Å². The molecule has 4 aromatic carbocycles. The van der Waals surface area contributed by atoms with Crippen molar-refractivity contribution in [2.24, 2.45) is 10.2 Å². The summed E-state index contributed by atoms with van der Waals surface area (Å²) in [6.07, 6.45) is 1.56. The van der Waals surface area contributed by atoms with Crippen molar-refractivity contribution in [3.8, 4) is 11.3 Å². The molecule has 8 nitrogen and oxygen atoms in total. The predicted octanol–water partition coefficient (Wildman–Crippen LogP) is 4.16. The Labute approximate surface area is 235 Å². The van der Waals surface area contributed by atoms with Gasteiger partial charge in [0.1, 0.15) is 27.4 Å². The molecule has 2 heterocycles. The van der Waals surface area contributed by atoms with Gasteiger partial charge in [0.2, 0.25) is 0 Å². The molecule has 6 rings (SSSR count). The second-order valence-electron chi connectivity index (χ2n) is 8.21. The van der Waals surface area contributed by atoms with Gasteiger partial charge < -0.3 is 11.6 Å². The Morgan fingerprint density at radius 3 is 2.27 bits per heavy atom. The van der Waals surface area contributed by atoms with E-state index in [4.69, 9.17) is 10.2 Å². The third-order valence-corrected chi connectivity index (χ3v) is 6.90. The summed E-state index contributed by atoms with van der Waals surface area (Å²) in [6, 6.07) is 25.2. The van der Waals surface area contributed by atoms with E-state index in [1.165, 1.54) is 6.07 Å². The average Bonchev–Trinajstić information content (AvgIpc) is 3.27. The van der Waals surface area contributed by atoms with Crippen LogP contribution in [0.15, 0.2) is 111 Å². The molecule has 0 aliphatic rings. The fraction of sp³-hybridized carbons (Fsp3) is 0. The van der Waals surface area contributed by atoms with Crippen LogP contribution in [0.25, 0.3) is 44.0 Å². The van der Waals surface area contributed by atoms with Crippen LogP contribution >= 0.6 is 0 Å². The molecular weight excluding hydrogens is 499 g/mol. The summed E-state index contributed by atoms with van der Waals surface area (Å²) in [5, 5.41) is 11.1. The van der Waals surface area contributed by atoms with E-state index in [0.29, 0.717) is 22.2 Å². The van der Waals surface area contributed by atoms with Gasteiger partial charge in [-0.3, -0.25) is 9.54 Å². The van der Waals surface area contributed by atoms with Crippen LogP contribution in [0, 0.1) is 0 Å². The van der Waals surface area contributed by atoms with Crippen LogP contribution in [0.3, 0.4) is 0 Å². The van der Waals surface area contributed by atoms with Crippen LogP contribution < -0.4 is 35.3 Å². The van der Waals surface area contributed by atoms with Gasteiger partial charge in [0.15, 0.2) is 0 Å². The van der Waals surface area contributed by atoms with Crippen LogP contribution in [0.5, 0.6) is 0 Å². The number of nitrogens with two attached hydrogens (primary N) is 1. The Bertz CT molecular complexity index is 1940. The number of hydrogen-bond acceptors (Lipinski definition) is 7. The van der Waals surface area contributed by atoms with Crippen LogP contribution in [0.2, 0.25) is 0 Å². The molecular formula is C27H19N4NaO4S. The SMILES string of the molecule is Nc1c(N=Nc2ccc(-c3cccc4c3oc3ccccc34)nc2)cc(S(=O)(=O)O)c2ccccc12.[H-].[Na+]. The molecule has 0 aliphatic heterocycles. The second kappa shape index (κ2) is 9.70. The third-order valence-electron chi connectivity index (χ3n) is 6.01. The van der Waals surface area contributed by atoms with Gasteiger partial charge in [-0.1, -0.05) is 54.6 Å². The van der Waals surface area contributed by atoms with Crippen molar-refractivity contribution in [3.05, 3.63) is 91.1 Å². The Hall–Kier alpha value is -3.60. The maximum Gasteiger partial charge on any atom is 1.00 e. The second-order valence-corrected chi connectivity index (χ2v) is 9.60. The van der Waals surface area contributed by atoms with E-state index >= 15 is 0 Å². The van der Waals surface area contributed by atoms with Gasteiger partial charge in [0.25, 0.3) is 10.1 Å². The number of hydrogen-bond donors (Lipinski definition) is 2. The smallest absolute Gasteiger partial charge is 1.00 e. The molecule has 0 atom stereocenters. The molecule has 10 heteroatoms. The predicted molar refractivity (Wildman–Crippen MR) is 140 cm³/mol. The van der Waals surface area contributed by atoms with E-state index in [0.717, 1.165) is 27.5 Å². The summed E-state index contributed by atoms with van der Waals surface area (Å²) in [5.41, 5.74) is 10.2. The van der Waals surface area contributed by atoms with E-state index < -0.39 is 10.1 Å². The minimum Gasteiger partial charge on any atom is -1.00 e. The zero-order chi connectivity index (χ0) is 24.9. The van der Waals surface area contributed by atoms with Crippen LogP contribution in [-0.2, 0) is 10.1 Å². The van der Waals surface area contributed by atoms with E-state index in [-0.39, 0.29) is 47.3 Å². The van der Waals surface area contributed by atoms with Gasteiger partial charge in [0.05, 0.1) is 17.6 Å². The molecule has 37 heavy (non-hydrogen) atoms. The van der Waals surface area contributed by atoms with Crippen LogP contribution in [0.1, 0.15) is 1.43 Å². The topological polar surface area (TPSA) is 131 Å². The zero-order valence-corrected chi connectivity index (χ0v) is 22.5. The summed E-state index contributed by atoms with van der Waals surface area (Å²) >= 11 is 0. The van der Waals surface area contributed by atoms with E-state index in [9.17, 15) is 13.0 Å². The number of aromatic nitrogens is 1. The monoisotopic (exact) mass is 518 g/mol. The van der Waals surface area contributed by atoms with Gasteiger partial charge in [-0.2, -0.15) is 8.42 Å². The van der Waals surface area contributed by atoms with Gasteiger partial charge >= 0.3 is 29.6 Å². The maximum absolute atomic E-state index is 11.9. The summed E-state index contributed by atoms with van der Waals surface area (Å²) in [6.45, 7) is 0. The summed E-state index contributed by atoms with van der Waals surface area (Å²) in [4.78, 5) is 4.25. The molecule has 0 fully saturated rings. The molecule has 2 aromatic heterocycles. The Kier molecular flexibility index (Phi) is 6.57. The average molecular weight is 519 g/mol. The number of para-hydroxylation sites is 2. The Balaban J connectivity index is 0.00000168. The molecule has 178 valence electrons. The number of furan rings is 1. The minimum absolute atomic E-state index is 0. The Morgan fingerprint density at radius 2 is 1.54 bits per heavy atom. The molecule has 3 N–H and O–H groups in total. The maximum atomic E-state index is 11.9. The number of anilines is 1. The van der Waals surface area contributed by atoms with Crippen molar-refractivity contribution in [1.29, 1.82) is 0 Å². The normalized spacial score (nSPS) is 11.9. The first-order chi connectivity index (χ1) is 17.4. The molecule has 0 saturated heterocycles. The number of fused-ring (bicyclic) bond motifs is 4. The molecule has 0 unspecified atom stereocenters. The molecule has 6 aromatic rings.